The van der Waals surface area contributed by atoms with Crippen molar-refractivity contribution in [1.29, 1.82) is 0 Å². The SMILES string of the molecule is C.O=C1CCCCC1.Oc1cnccc1-c1ccccn1.[Cl][Ti]([Cl])([Cl])[Cl].c1ccc(-c2ccnc3c4c(oc23)CCCC4)nc1. The topological polar surface area (TPSA) is 102 Å². The molecule has 5 heterocycles. The smallest absolute Gasteiger partial charge is 0.162 e. The van der Waals surface area contributed by atoms with E-state index >= 15 is 0 Å². The molecule has 1 saturated carbocycles. The van der Waals surface area contributed by atoms with Gasteiger partial charge in [-0.3, -0.25) is 24.7 Å². The Hall–Kier alpha value is -2.52. The van der Waals surface area contributed by atoms with Crippen molar-refractivity contribution in [2.24, 2.45) is 0 Å². The van der Waals surface area contributed by atoms with E-state index in [4.69, 9.17) is 41.6 Å². The minimum atomic E-state index is -3.11. The number of aromatic hydroxyl groups is 1. The van der Waals surface area contributed by atoms with Crippen LogP contribution in [0.4, 0.5) is 0 Å². The second-order valence-electron chi connectivity index (χ2n) is 10.1. The van der Waals surface area contributed by atoms with Crippen LogP contribution in [0, 0.1) is 0 Å². The van der Waals surface area contributed by atoms with Crippen molar-refractivity contribution in [2.75, 3.05) is 0 Å². The third-order valence-electron chi connectivity index (χ3n) is 6.93. The van der Waals surface area contributed by atoms with Gasteiger partial charge in [0.15, 0.2) is 5.58 Å². The van der Waals surface area contributed by atoms with Crippen LogP contribution in [-0.2, 0) is 30.0 Å². The number of Topliss-reactive ketones (excluding diaryl/α,β-unsaturated/α-hetero) is 1. The fraction of sp³-hybridized carbons (Fsp3) is 0.303. The summed E-state index contributed by atoms with van der Waals surface area (Å²) < 4.78 is 6.07. The van der Waals surface area contributed by atoms with Gasteiger partial charge in [-0.25, -0.2) is 0 Å². The average Bonchev–Trinajstić information content (AvgIpc) is 3.41. The number of pyridine rings is 4. The van der Waals surface area contributed by atoms with E-state index in [0.717, 1.165) is 72.3 Å². The molecule has 0 unspecified atom stereocenters. The third-order valence-corrected chi connectivity index (χ3v) is 6.93. The molecule has 0 aromatic carbocycles. The van der Waals surface area contributed by atoms with Gasteiger partial charge in [0.2, 0.25) is 0 Å². The summed E-state index contributed by atoms with van der Waals surface area (Å²) >= 11 is -3.11. The van der Waals surface area contributed by atoms with Crippen LogP contribution < -0.4 is 0 Å². The van der Waals surface area contributed by atoms with Crippen molar-refractivity contribution in [3.63, 3.8) is 0 Å². The quantitative estimate of drug-likeness (QED) is 0.181. The maximum Gasteiger partial charge on any atom is 0.162 e. The Morgan fingerprint density at radius 1 is 0.689 bits per heavy atom. The predicted molar refractivity (Wildman–Crippen MR) is 181 cm³/mol. The number of hydrogen-bond donors (Lipinski definition) is 1. The predicted octanol–water partition coefficient (Wildman–Crippen LogP) is 10.5. The average molecular weight is 726 g/mol. The van der Waals surface area contributed by atoms with Crippen molar-refractivity contribution in [1.82, 2.24) is 19.9 Å². The zero-order valence-corrected chi connectivity index (χ0v) is 28.5. The fourth-order valence-corrected chi connectivity index (χ4v) is 4.93. The second kappa shape index (κ2) is 18.6. The summed E-state index contributed by atoms with van der Waals surface area (Å²) in [5, 5.41) is 9.46. The fourth-order valence-electron chi connectivity index (χ4n) is 4.93. The number of aryl methyl sites for hydroxylation is 2. The van der Waals surface area contributed by atoms with Crippen molar-refractivity contribution in [2.45, 2.75) is 65.2 Å². The minimum absolute atomic E-state index is 0. The summed E-state index contributed by atoms with van der Waals surface area (Å²) in [6, 6.07) is 15.2. The molecule has 0 amide bonds. The van der Waals surface area contributed by atoms with Gasteiger partial charge in [-0.15, -0.1) is 0 Å². The molecule has 2 aliphatic carbocycles. The van der Waals surface area contributed by atoms with Crippen molar-refractivity contribution >= 4 is 54.1 Å². The van der Waals surface area contributed by atoms with Crippen LogP contribution in [0.1, 0.15) is 63.7 Å². The maximum atomic E-state index is 10.5. The Balaban J connectivity index is 0.000000184. The Labute approximate surface area is 283 Å². The molecule has 12 heteroatoms. The molecule has 45 heavy (non-hydrogen) atoms. The Morgan fingerprint density at radius 2 is 1.27 bits per heavy atom. The normalized spacial score (nSPS) is 13.8. The first-order valence-corrected chi connectivity index (χ1v) is 22.9. The molecule has 7 nitrogen and oxygen atoms in total. The van der Waals surface area contributed by atoms with Gasteiger partial charge in [0.1, 0.15) is 22.8 Å². The van der Waals surface area contributed by atoms with Crippen LogP contribution in [0.3, 0.4) is 0 Å². The molecule has 1 N–H and O–H groups in total. The van der Waals surface area contributed by atoms with Crippen LogP contribution in [0.15, 0.2) is 83.9 Å². The third kappa shape index (κ3) is 12.0. The molecule has 7 rings (SSSR count). The number of fused-ring (bicyclic) bond motifs is 3. The standard InChI is InChI=1S/C16H14N2O.C10H8N2O.C6H10O.CH4.4ClH.Ti/c1-2-7-14-12(5-1)15-16(19-14)11(8-10-18-15)13-6-3-4-9-17-13;13-10-7-11-6-4-8(10)9-3-1-2-5-12-9;7-6-4-2-1-3-5-6;;;;;;/h3-4,6,8-10H,1-2,5,7H2;1-7,13H;1-5H2;1H4;4*1H;/q;;;;;;;;+4/p-4. The zero-order chi connectivity index (χ0) is 31.4. The molecule has 0 radical (unpaired) electrons. The number of furan rings is 1. The van der Waals surface area contributed by atoms with Gasteiger partial charge in [-0.2, -0.15) is 0 Å². The largest absolute Gasteiger partial charge is 0.458 e. The number of rotatable bonds is 2. The van der Waals surface area contributed by atoms with Crippen molar-refractivity contribution in [3.8, 4) is 28.3 Å². The number of nitrogens with zero attached hydrogens (tertiary/aromatic N) is 4. The van der Waals surface area contributed by atoms with Crippen LogP contribution >= 0.6 is 37.2 Å². The van der Waals surface area contributed by atoms with Gasteiger partial charge in [0.25, 0.3) is 0 Å². The van der Waals surface area contributed by atoms with Gasteiger partial charge >= 0.3 is 49.6 Å². The molecule has 1 fully saturated rings. The Kier molecular flexibility index (Phi) is 15.3. The minimum Gasteiger partial charge on any atom is -0.458 e. The number of hydrogen-bond acceptors (Lipinski definition) is 7. The Bertz CT molecular complexity index is 1620. The van der Waals surface area contributed by atoms with Gasteiger partial charge in [-0.05, 0) is 68.5 Å². The number of halogens is 4. The second-order valence-corrected chi connectivity index (χ2v) is 25.6. The first-order valence-electron chi connectivity index (χ1n) is 14.3. The van der Waals surface area contributed by atoms with Crippen LogP contribution in [0.25, 0.3) is 33.6 Å². The molecule has 0 spiro atoms. The Morgan fingerprint density at radius 3 is 1.82 bits per heavy atom. The van der Waals surface area contributed by atoms with Crippen LogP contribution in [0.5, 0.6) is 5.75 Å². The number of ketones is 1. The van der Waals surface area contributed by atoms with E-state index in [0.29, 0.717) is 11.3 Å². The number of aromatic nitrogens is 4. The molecule has 0 aliphatic heterocycles. The molecule has 0 bridgehead atoms. The van der Waals surface area contributed by atoms with Crippen molar-refractivity contribution < 1.29 is 26.7 Å². The molecule has 0 saturated heterocycles. The van der Waals surface area contributed by atoms with E-state index in [1.807, 2.05) is 54.9 Å². The van der Waals surface area contributed by atoms with Gasteiger partial charge < -0.3 is 9.52 Å². The molecular formula is C33H36Cl4N4O3Ti. The number of carbonyl (C=O) groups is 1. The molecular weight excluding hydrogens is 690 g/mol. The maximum absolute atomic E-state index is 10.5. The summed E-state index contributed by atoms with van der Waals surface area (Å²) in [5.41, 5.74) is 6.67. The molecule has 0 atom stereocenters. The first kappa shape index (κ1) is 36.9. The molecule has 5 aromatic heterocycles. The van der Waals surface area contributed by atoms with Crippen molar-refractivity contribution in [3.05, 3.63) is 90.8 Å². The zero-order valence-electron chi connectivity index (χ0n) is 23.9. The van der Waals surface area contributed by atoms with Gasteiger partial charge in [0.05, 0.1) is 17.6 Å². The van der Waals surface area contributed by atoms with E-state index in [-0.39, 0.29) is 13.2 Å². The van der Waals surface area contributed by atoms with E-state index in [1.165, 1.54) is 31.0 Å². The van der Waals surface area contributed by atoms with E-state index in [9.17, 15) is 9.90 Å². The summed E-state index contributed by atoms with van der Waals surface area (Å²) in [6.07, 6.45) is 18.2. The van der Waals surface area contributed by atoms with E-state index in [1.54, 1.807) is 18.5 Å². The van der Waals surface area contributed by atoms with E-state index in [2.05, 4.69) is 19.9 Å². The van der Waals surface area contributed by atoms with E-state index < -0.39 is 12.3 Å². The summed E-state index contributed by atoms with van der Waals surface area (Å²) in [4.78, 5) is 27.3. The summed E-state index contributed by atoms with van der Waals surface area (Å²) in [6.45, 7) is 0. The first-order chi connectivity index (χ1) is 21.2. The summed E-state index contributed by atoms with van der Waals surface area (Å²) in [7, 11) is 20.1. The molecule has 2 aliphatic rings. The molecule has 238 valence electrons. The van der Waals surface area contributed by atoms with Crippen LogP contribution in [0.2, 0.25) is 0 Å². The number of carbonyl (C=O) groups excluding carboxylic acids is 1. The monoisotopic (exact) mass is 724 g/mol. The molecule has 5 aromatic rings. The summed E-state index contributed by atoms with van der Waals surface area (Å²) in [5.74, 6) is 1.74. The van der Waals surface area contributed by atoms with Gasteiger partial charge in [0, 0.05) is 60.7 Å². The van der Waals surface area contributed by atoms with Gasteiger partial charge in [-0.1, -0.05) is 26.0 Å². The van der Waals surface area contributed by atoms with Crippen LogP contribution in [-0.4, -0.2) is 30.8 Å².